The number of fused-ring (bicyclic) bond motifs is 1. The number of anilines is 1. The van der Waals surface area contributed by atoms with E-state index < -0.39 is 0 Å². The van der Waals surface area contributed by atoms with Crippen LogP contribution < -0.4 is 5.73 Å². The third-order valence-electron chi connectivity index (χ3n) is 3.13. The molecule has 0 aliphatic carbocycles. The summed E-state index contributed by atoms with van der Waals surface area (Å²) < 4.78 is 14.2. The number of benzene rings is 1. The van der Waals surface area contributed by atoms with E-state index in [-0.39, 0.29) is 5.82 Å². The highest BCUT2D eigenvalue weighted by molar-refractivity contribution is 7.22. The third kappa shape index (κ3) is 2.10. The summed E-state index contributed by atoms with van der Waals surface area (Å²) in [5, 5.41) is 8.12. The Bertz CT molecular complexity index is 729. The maximum absolute atomic E-state index is 13.2. The highest BCUT2D eigenvalue weighted by Gasteiger charge is 2.14. The molecule has 3 N–H and O–H groups in total. The summed E-state index contributed by atoms with van der Waals surface area (Å²) in [4.78, 5) is 1.05. The first kappa shape index (κ1) is 12.2. The smallest absolute Gasteiger partial charge is 0.149 e. The van der Waals surface area contributed by atoms with Gasteiger partial charge in [-0.2, -0.15) is 5.10 Å². The van der Waals surface area contributed by atoms with Crippen molar-refractivity contribution in [3.05, 3.63) is 35.6 Å². The van der Waals surface area contributed by atoms with Crippen LogP contribution in [0.3, 0.4) is 0 Å². The molecule has 0 spiro atoms. The molecule has 0 saturated carbocycles. The number of aromatic nitrogens is 2. The van der Waals surface area contributed by atoms with E-state index >= 15 is 0 Å². The molecule has 0 unspecified atom stereocenters. The Hall–Kier alpha value is -1.88. The molecule has 0 bridgehead atoms. The van der Waals surface area contributed by atoms with Gasteiger partial charge in [0.15, 0.2) is 0 Å². The normalized spacial score (nSPS) is 11.3. The van der Waals surface area contributed by atoms with Gasteiger partial charge in [0.25, 0.3) is 0 Å². The Morgan fingerprint density at radius 3 is 3.00 bits per heavy atom. The van der Waals surface area contributed by atoms with E-state index in [1.807, 2.05) is 6.07 Å². The monoisotopic (exact) mass is 275 g/mol. The van der Waals surface area contributed by atoms with Crippen LogP contribution in [0.15, 0.2) is 24.3 Å². The maximum Gasteiger partial charge on any atom is 0.149 e. The molecule has 0 amide bonds. The summed E-state index contributed by atoms with van der Waals surface area (Å²) in [5.74, 6) is 0.347. The van der Waals surface area contributed by atoms with Gasteiger partial charge >= 0.3 is 0 Å². The molecule has 3 rings (SSSR count). The molecule has 0 saturated heterocycles. The second-order valence-corrected chi connectivity index (χ2v) is 5.59. The minimum Gasteiger partial charge on any atom is -0.382 e. The van der Waals surface area contributed by atoms with Crippen LogP contribution >= 0.6 is 11.3 Å². The van der Waals surface area contributed by atoms with Crippen molar-refractivity contribution in [2.24, 2.45) is 0 Å². The largest absolute Gasteiger partial charge is 0.382 e. The fourth-order valence-electron chi connectivity index (χ4n) is 2.21. The van der Waals surface area contributed by atoms with Crippen molar-refractivity contribution < 1.29 is 4.39 Å². The van der Waals surface area contributed by atoms with Crippen molar-refractivity contribution >= 4 is 27.2 Å². The molecule has 1 aromatic carbocycles. The Morgan fingerprint density at radius 2 is 2.21 bits per heavy atom. The predicted molar refractivity (Wildman–Crippen MR) is 77.8 cm³/mol. The number of nitrogens with zero attached hydrogens (tertiary/aromatic N) is 1. The second-order valence-electron chi connectivity index (χ2n) is 4.51. The molecule has 0 radical (unpaired) electrons. The molecule has 3 aromatic rings. The second kappa shape index (κ2) is 4.66. The van der Waals surface area contributed by atoms with E-state index in [1.54, 1.807) is 23.5 Å². The van der Waals surface area contributed by atoms with E-state index in [2.05, 4.69) is 17.1 Å². The minimum atomic E-state index is -0.209. The Balaban J connectivity index is 2.13. The van der Waals surface area contributed by atoms with Crippen LogP contribution in [0, 0.1) is 5.82 Å². The minimum absolute atomic E-state index is 0.209. The molecule has 0 fully saturated rings. The topological polar surface area (TPSA) is 54.7 Å². The SMILES string of the molecule is CCCc1c(N)n[nH]c1-c1cc2ccc(F)cc2s1. The third-order valence-corrected chi connectivity index (χ3v) is 4.24. The van der Waals surface area contributed by atoms with Crippen LogP contribution in [-0.4, -0.2) is 10.2 Å². The molecule has 2 aromatic heterocycles. The fraction of sp³-hybridized carbons (Fsp3) is 0.214. The summed E-state index contributed by atoms with van der Waals surface area (Å²) in [6.07, 6.45) is 1.90. The molecule has 0 aliphatic rings. The molecule has 0 atom stereocenters. The lowest BCUT2D eigenvalue weighted by Gasteiger charge is -1.99. The van der Waals surface area contributed by atoms with Crippen molar-refractivity contribution in [2.75, 3.05) is 5.73 Å². The van der Waals surface area contributed by atoms with E-state index in [0.29, 0.717) is 5.82 Å². The molecular formula is C14H14FN3S. The van der Waals surface area contributed by atoms with Gasteiger partial charge in [0.05, 0.1) is 10.6 Å². The molecule has 5 heteroatoms. The number of rotatable bonds is 3. The van der Waals surface area contributed by atoms with Crippen molar-refractivity contribution in [3.63, 3.8) is 0 Å². The number of H-pyrrole nitrogens is 1. The highest BCUT2D eigenvalue weighted by atomic mass is 32.1. The van der Waals surface area contributed by atoms with Gasteiger partial charge in [-0.1, -0.05) is 19.4 Å². The Kier molecular flexibility index (Phi) is 2.98. The number of nitrogens with one attached hydrogen (secondary N) is 1. The molecule has 3 nitrogen and oxygen atoms in total. The van der Waals surface area contributed by atoms with Gasteiger partial charge in [-0.05, 0) is 30.0 Å². The van der Waals surface area contributed by atoms with Crippen molar-refractivity contribution in [1.82, 2.24) is 10.2 Å². The molecule has 98 valence electrons. The zero-order valence-corrected chi connectivity index (χ0v) is 11.4. The number of halogens is 1. The van der Waals surface area contributed by atoms with Gasteiger partial charge in [0.2, 0.25) is 0 Å². The predicted octanol–water partition coefficient (Wildman–Crippen LogP) is 3.97. The average Bonchev–Trinajstić information content (AvgIpc) is 2.94. The van der Waals surface area contributed by atoms with Gasteiger partial charge in [-0.25, -0.2) is 4.39 Å². The number of nitrogens with two attached hydrogens (primary N) is 1. The van der Waals surface area contributed by atoms with Crippen LogP contribution in [0.2, 0.25) is 0 Å². The van der Waals surface area contributed by atoms with Crippen molar-refractivity contribution in [2.45, 2.75) is 19.8 Å². The quantitative estimate of drug-likeness (QED) is 0.760. The van der Waals surface area contributed by atoms with E-state index in [4.69, 9.17) is 5.73 Å². The van der Waals surface area contributed by atoms with Gasteiger partial charge in [-0.15, -0.1) is 11.3 Å². The van der Waals surface area contributed by atoms with Crippen LogP contribution in [0.4, 0.5) is 10.2 Å². The molecular weight excluding hydrogens is 261 g/mol. The maximum atomic E-state index is 13.2. The van der Waals surface area contributed by atoms with E-state index in [9.17, 15) is 4.39 Å². The highest BCUT2D eigenvalue weighted by Crippen LogP contribution is 2.36. The lowest BCUT2D eigenvalue weighted by Crippen LogP contribution is -1.91. The lowest BCUT2D eigenvalue weighted by molar-refractivity contribution is 0.630. The Labute approximate surface area is 114 Å². The first-order valence-electron chi connectivity index (χ1n) is 6.21. The zero-order valence-electron chi connectivity index (χ0n) is 10.5. The molecule has 19 heavy (non-hydrogen) atoms. The number of nitrogen functional groups attached to an aromatic ring is 1. The number of hydrogen-bond acceptors (Lipinski definition) is 3. The summed E-state index contributed by atoms with van der Waals surface area (Å²) in [7, 11) is 0. The van der Waals surface area contributed by atoms with Crippen molar-refractivity contribution in [1.29, 1.82) is 0 Å². The van der Waals surface area contributed by atoms with Crippen LogP contribution in [0.25, 0.3) is 20.7 Å². The summed E-state index contributed by atoms with van der Waals surface area (Å²) >= 11 is 1.55. The zero-order chi connectivity index (χ0) is 13.4. The van der Waals surface area contributed by atoms with Gasteiger partial charge in [-0.3, -0.25) is 5.10 Å². The standard InChI is InChI=1S/C14H14FN3S/c1-2-3-10-13(17-18-14(10)16)12-6-8-4-5-9(15)7-11(8)19-12/h4-7H,2-3H2,1H3,(H3,16,17,18). The summed E-state index contributed by atoms with van der Waals surface area (Å²) in [6.45, 7) is 2.11. The number of thiophene rings is 1. The Morgan fingerprint density at radius 1 is 1.37 bits per heavy atom. The van der Waals surface area contributed by atoms with E-state index in [0.717, 1.165) is 39.1 Å². The van der Waals surface area contributed by atoms with E-state index in [1.165, 1.54) is 6.07 Å². The molecule has 0 aliphatic heterocycles. The number of hydrogen-bond donors (Lipinski definition) is 2. The first-order chi connectivity index (χ1) is 9.19. The molecule has 2 heterocycles. The average molecular weight is 275 g/mol. The number of aromatic amines is 1. The van der Waals surface area contributed by atoms with Gasteiger partial charge in [0, 0.05) is 10.3 Å². The van der Waals surface area contributed by atoms with Gasteiger partial charge < -0.3 is 5.73 Å². The van der Waals surface area contributed by atoms with Gasteiger partial charge in [0.1, 0.15) is 11.6 Å². The van der Waals surface area contributed by atoms with Crippen LogP contribution in [0.5, 0.6) is 0 Å². The fourth-order valence-corrected chi connectivity index (χ4v) is 3.32. The first-order valence-corrected chi connectivity index (χ1v) is 7.03. The van der Waals surface area contributed by atoms with Crippen molar-refractivity contribution in [3.8, 4) is 10.6 Å². The lowest BCUT2D eigenvalue weighted by atomic mass is 10.1. The van der Waals surface area contributed by atoms with Crippen LogP contribution in [-0.2, 0) is 6.42 Å². The summed E-state index contributed by atoms with van der Waals surface area (Å²) in [6, 6.07) is 6.88. The summed E-state index contributed by atoms with van der Waals surface area (Å²) in [5.41, 5.74) is 7.90. The van der Waals surface area contributed by atoms with Crippen LogP contribution in [0.1, 0.15) is 18.9 Å².